The molecule has 1 aliphatic rings. The highest BCUT2D eigenvalue weighted by molar-refractivity contribution is 7.98. The quantitative estimate of drug-likeness (QED) is 0.499. The molecule has 8 heteroatoms. The number of nitrogens with one attached hydrogen (secondary N) is 1. The average Bonchev–Trinajstić information content (AvgIpc) is 2.92. The third kappa shape index (κ3) is 4.92. The van der Waals surface area contributed by atoms with E-state index >= 15 is 0 Å². The summed E-state index contributed by atoms with van der Waals surface area (Å²) in [5.74, 6) is -1.39. The van der Waals surface area contributed by atoms with Gasteiger partial charge in [-0.2, -0.15) is 11.8 Å². The highest BCUT2D eigenvalue weighted by Gasteiger charge is 2.43. The Morgan fingerprint density at radius 1 is 1.11 bits per heavy atom. The van der Waals surface area contributed by atoms with E-state index in [1.807, 2.05) is 27.0 Å². The van der Waals surface area contributed by atoms with Gasteiger partial charge in [0.2, 0.25) is 0 Å². The first-order valence-corrected chi connectivity index (χ1v) is 10.6. The molecule has 2 atom stereocenters. The molecule has 1 N–H and O–H groups in total. The number of benzene rings is 1. The van der Waals surface area contributed by atoms with E-state index in [0.717, 1.165) is 4.90 Å². The summed E-state index contributed by atoms with van der Waals surface area (Å²) in [6, 6.07) is 5.34. The van der Waals surface area contributed by atoms with Crippen LogP contribution in [0.15, 0.2) is 24.3 Å². The zero-order valence-electron chi connectivity index (χ0n) is 16.6. The minimum atomic E-state index is -1.06. The number of nitrogens with zero attached hydrogens (tertiary/aromatic N) is 1. The van der Waals surface area contributed by atoms with Crippen molar-refractivity contribution in [3.8, 4) is 0 Å². The highest BCUT2D eigenvalue weighted by Crippen LogP contribution is 2.26. The molecule has 7 nitrogen and oxygen atoms in total. The zero-order chi connectivity index (χ0) is 20.8. The van der Waals surface area contributed by atoms with Crippen LogP contribution >= 0.6 is 11.8 Å². The molecular formula is C20H26N2O5S. The second-order valence-corrected chi connectivity index (χ2v) is 8.02. The molecule has 1 aliphatic heterocycles. The van der Waals surface area contributed by atoms with Gasteiger partial charge >= 0.3 is 5.97 Å². The maximum absolute atomic E-state index is 12.7. The number of thioether (sulfide) groups is 1. The third-order valence-electron chi connectivity index (χ3n) is 4.74. The second kappa shape index (κ2) is 9.73. The summed E-state index contributed by atoms with van der Waals surface area (Å²) in [6.07, 6.45) is 2.13. The number of hydrogen-bond acceptors (Lipinski definition) is 6. The Labute approximate surface area is 169 Å². The van der Waals surface area contributed by atoms with Crippen LogP contribution in [0.1, 0.15) is 47.9 Å². The topological polar surface area (TPSA) is 92.8 Å². The van der Waals surface area contributed by atoms with Gasteiger partial charge in [0.25, 0.3) is 17.7 Å². The highest BCUT2D eigenvalue weighted by atomic mass is 32.2. The number of carbonyl (C=O) groups is 4. The summed E-state index contributed by atoms with van der Waals surface area (Å²) in [6.45, 7) is 5.36. The van der Waals surface area contributed by atoms with Crippen LogP contribution in [0.5, 0.6) is 0 Å². The Bertz CT molecular complexity index is 730. The van der Waals surface area contributed by atoms with Crippen molar-refractivity contribution < 1.29 is 23.9 Å². The molecule has 1 aromatic rings. The summed E-state index contributed by atoms with van der Waals surface area (Å²) >= 11 is 1.49. The summed E-state index contributed by atoms with van der Waals surface area (Å²) in [7, 11) is 0. The molecule has 0 spiro atoms. The van der Waals surface area contributed by atoms with Crippen molar-refractivity contribution in [2.45, 2.75) is 39.3 Å². The molecule has 0 aromatic heterocycles. The molecule has 28 heavy (non-hydrogen) atoms. The molecule has 0 aliphatic carbocycles. The third-order valence-corrected chi connectivity index (χ3v) is 5.38. The Hall–Kier alpha value is -2.35. The molecule has 0 radical (unpaired) electrons. The first-order chi connectivity index (χ1) is 13.3. The van der Waals surface area contributed by atoms with Crippen LogP contribution < -0.4 is 5.32 Å². The summed E-state index contributed by atoms with van der Waals surface area (Å²) < 4.78 is 5.15. The fourth-order valence-corrected chi connectivity index (χ4v) is 3.23. The summed E-state index contributed by atoms with van der Waals surface area (Å²) in [4.78, 5) is 51.0. The van der Waals surface area contributed by atoms with Crippen LogP contribution in [0.25, 0.3) is 0 Å². The van der Waals surface area contributed by atoms with E-state index in [4.69, 9.17) is 4.74 Å². The van der Waals surface area contributed by atoms with E-state index in [0.29, 0.717) is 5.75 Å². The van der Waals surface area contributed by atoms with Crippen molar-refractivity contribution in [1.29, 1.82) is 0 Å². The van der Waals surface area contributed by atoms with E-state index in [1.54, 1.807) is 24.3 Å². The first-order valence-electron chi connectivity index (χ1n) is 9.19. The van der Waals surface area contributed by atoms with Gasteiger partial charge < -0.3 is 10.1 Å². The van der Waals surface area contributed by atoms with Gasteiger partial charge in [-0.15, -0.1) is 0 Å². The molecule has 3 amide bonds. The second-order valence-electron chi connectivity index (χ2n) is 7.03. The number of hydrogen-bond donors (Lipinski definition) is 1. The number of fused-ring (bicyclic) bond motifs is 1. The van der Waals surface area contributed by atoms with Gasteiger partial charge in [-0.25, -0.2) is 4.79 Å². The van der Waals surface area contributed by atoms with E-state index in [2.05, 4.69) is 5.32 Å². The fourth-order valence-electron chi connectivity index (χ4n) is 2.77. The summed E-state index contributed by atoms with van der Waals surface area (Å²) in [5.41, 5.74) is 0.552. The number of amides is 3. The molecule has 1 heterocycles. The van der Waals surface area contributed by atoms with Crippen LogP contribution in [0.4, 0.5) is 0 Å². The number of ether oxygens (including phenoxy) is 1. The van der Waals surface area contributed by atoms with Crippen molar-refractivity contribution >= 4 is 35.5 Å². The van der Waals surface area contributed by atoms with Gasteiger partial charge in [0, 0.05) is 6.04 Å². The van der Waals surface area contributed by atoms with Gasteiger partial charge in [-0.05, 0) is 43.4 Å². The largest absolute Gasteiger partial charge is 0.454 e. The lowest BCUT2D eigenvalue weighted by Gasteiger charge is -2.24. The van der Waals surface area contributed by atoms with E-state index < -0.39 is 36.3 Å². The van der Waals surface area contributed by atoms with Crippen molar-refractivity contribution in [3.05, 3.63) is 35.4 Å². The van der Waals surface area contributed by atoms with Crippen molar-refractivity contribution in [2.75, 3.05) is 18.6 Å². The van der Waals surface area contributed by atoms with E-state index in [9.17, 15) is 19.2 Å². The molecule has 0 saturated heterocycles. The van der Waals surface area contributed by atoms with Gasteiger partial charge in [0.1, 0.15) is 6.04 Å². The molecule has 0 bridgehead atoms. The molecule has 0 unspecified atom stereocenters. The molecule has 0 saturated carbocycles. The molecule has 0 fully saturated rings. The number of imide groups is 1. The lowest BCUT2D eigenvalue weighted by molar-refractivity contribution is -0.152. The predicted molar refractivity (Wildman–Crippen MR) is 107 cm³/mol. The van der Waals surface area contributed by atoms with E-state index in [-0.39, 0.29) is 29.5 Å². The number of rotatable bonds is 9. The monoisotopic (exact) mass is 406 g/mol. The Morgan fingerprint density at radius 2 is 1.68 bits per heavy atom. The van der Waals surface area contributed by atoms with Crippen LogP contribution in [0.3, 0.4) is 0 Å². The molecule has 152 valence electrons. The Balaban J connectivity index is 2.09. The lowest BCUT2D eigenvalue weighted by atomic mass is 10.1. The van der Waals surface area contributed by atoms with Crippen molar-refractivity contribution in [1.82, 2.24) is 10.2 Å². The number of esters is 1. The summed E-state index contributed by atoms with van der Waals surface area (Å²) in [5, 5.41) is 2.75. The standard InChI is InChI=1S/C20H26N2O5S/c1-12(2)13(3)21-17(23)11-27-20(26)16(9-10-28-4)22-18(24)14-7-5-6-8-15(14)19(22)25/h5-8,12-13,16H,9-11H2,1-4H3,(H,21,23)/t13-,16-/m0/s1. The molecule has 2 rings (SSSR count). The smallest absolute Gasteiger partial charge is 0.329 e. The van der Waals surface area contributed by atoms with E-state index in [1.165, 1.54) is 11.8 Å². The predicted octanol–water partition coefficient (Wildman–Crippen LogP) is 2.11. The maximum Gasteiger partial charge on any atom is 0.329 e. The van der Waals surface area contributed by atoms with Crippen LogP contribution in [0, 0.1) is 5.92 Å². The van der Waals surface area contributed by atoms with Crippen molar-refractivity contribution in [2.24, 2.45) is 5.92 Å². The SMILES string of the molecule is CSCC[C@@H](C(=O)OCC(=O)N[C@@H](C)C(C)C)N1C(=O)c2ccccc2C1=O. The Morgan fingerprint density at radius 3 is 2.18 bits per heavy atom. The number of carbonyl (C=O) groups excluding carboxylic acids is 4. The first kappa shape index (κ1) is 21.9. The molecular weight excluding hydrogens is 380 g/mol. The van der Waals surface area contributed by atoms with Gasteiger partial charge in [-0.1, -0.05) is 26.0 Å². The van der Waals surface area contributed by atoms with Gasteiger partial charge in [0.05, 0.1) is 11.1 Å². The average molecular weight is 407 g/mol. The van der Waals surface area contributed by atoms with Crippen LogP contribution in [0.2, 0.25) is 0 Å². The van der Waals surface area contributed by atoms with Crippen LogP contribution in [-0.4, -0.2) is 59.3 Å². The maximum atomic E-state index is 12.7. The minimum absolute atomic E-state index is 0.0604. The van der Waals surface area contributed by atoms with Crippen LogP contribution in [-0.2, 0) is 14.3 Å². The van der Waals surface area contributed by atoms with Gasteiger partial charge in [-0.3, -0.25) is 19.3 Å². The fraction of sp³-hybridized carbons (Fsp3) is 0.500. The minimum Gasteiger partial charge on any atom is -0.454 e. The van der Waals surface area contributed by atoms with Gasteiger partial charge in [0.15, 0.2) is 6.61 Å². The normalized spacial score (nSPS) is 15.4. The lowest BCUT2D eigenvalue weighted by Crippen LogP contribution is -2.47. The molecule has 1 aromatic carbocycles. The zero-order valence-corrected chi connectivity index (χ0v) is 17.4. The Kier molecular flexibility index (Phi) is 7.62. The van der Waals surface area contributed by atoms with Crippen molar-refractivity contribution in [3.63, 3.8) is 0 Å².